The van der Waals surface area contributed by atoms with Crippen LogP contribution in [0.5, 0.6) is 0 Å². The van der Waals surface area contributed by atoms with E-state index in [1.165, 1.54) is 0 Å². The summed E-state index contributed by atoms with van der Waals surface area (Å²) < 4.78 is 10.7. The minimum Gasteiger partial charge on any atom is -0.466 e. The number of hydrogen-bond donors (Lipinski definition) is 1. The standard InChI is InChI=1S/C11H13ClN4O2/c1-3-17-9(18-4-2)5-7-10-8(6-13-16-10)15-11(12)14-7/h5-6H,3-4H2,1-2H3,(H,13,16). The number of halogens is 1. The van der Waals surface area contributed by atoms with E-state index in [0.717, 1.165) is 0 Å². The number of nitrogens with one attached hydrogen (secondary N) is 1. The highest BCUT2D eigenvalue weighted by atomic mass is 35.5. The van der Waals surface area contributed by atoms with E-state index in [9.17, 15) is 0 Å². The van der Waals surface area contributed by atoms with Crippen LogP contribution in [-0.4, -0.2) is 33.4 Å². The van der Waals surface area contributed by atoms with Crippen molar-refractivity contribution in [2.75, 3.05) is 13.2 Å². The molecule has 6 nitrogen and oxygen atoms in total. The Morgan fingerprint density at radius 1 is 1.33 bits per heavy atom. The van der Waals surface area contributed by atoms with Crippen molar-refractivity contribution in [1.82, 2.24) is 20.2 Å². The summed E-state index contributed by atoms with van der Waals surface area (Å²) in [6, 6.07) is 0. The van der Waals surface area contributed by atoms with E-state index in [1.807, 2.05) is 13.8 Å². The lowest BCUT2D eigenvalue weighted by Gasteiger charge is -2.08. The molecule has 0 aliphatic carbocycles. The summed E-state index contributed by atoms with van der Waals surface area (Å²) >= 11 is 5.84. The zero-order valence-electron chi connectivity index (χ0n) is 10.1. The topological polar surface area (TPSA) is 72.9 Å². The molecule has 2 heterocycles. The number of ether oxygens (including phenoxy) is 2. The number of fused-ring (bicyclic) bond motifs is 1. The minimum absolute atomic E-state index is 0.155. The molecule has 0 saturated carbocycles. The maximum Gasteiger partial charge on any atom is 0.281 e. The van der Waals surface area contributed by atoms with Crippen LogP contribution in [0.1, 0.15) is 19.5 Å². The van der Waals surface area contributed by atoms with Crippen LogP contribution in [0.2, 0.25) is 5.28 Å². The van der Waals surface area contributed by atoms with Crippen molar-refractivity contribution in [3.05, 3.63) is 23.1 Å². The van der Waals surface area contributed by atoms with E-state index in [2.05, 4.69) is 20.2 Å². The smallest absolute Gasteiger partial charge is 0.281 e. The summed E-state index contributed by atoms with van der Waals surface area (Å²) in [4.78, 5) is 8.17. The average Bonchev–Trinajstić information content (AvgIpc) is 2.77. The van der Waals surface area contributed by atoms with E-state index in [1.54, 1.807) is 12.3 Å². The third kappa shape index (κ3) is 2.70. The van der Waals surface area contributed by atoms with Gasteiger partial charge in [-0.25, -0.2) is 9.97 Å². The normalized spacial score (nSPS) is 10.4. The molecule has 0 bridgehead atoms. The van der Waals surface area contributed by atoms with Crippen LogP contribution >= 0.6 is 11.6 Å². The number of nitrogens with zero attached hydrogens (tertiary/aromatic N) is 3. The first kappa shape index (κ1) is 12.6. The Bertz CT molecular complexity index is 559. The van der Waals surface area contributed by atoms with Gasteiger partial charge in [-0.1, -0.05) is 0 Å². The first-order chi connectivity index (χ1) is 8.74. The first-order valence-electron chi connectivity index (χ1n) is 5.58. The Labute approximate surface area is 109 Å². The highest BCUT2D eigenvalue weighted by Gasteiger charge is 2.09. The molecule has 2 aromatic heterocycles. The molecule has 2 rings (SSSR count). The molecular weight excluding hydrogens is 256 g/mol. The second-order valence-corrected chi connectivity index (χ2v) is 3.68. The van der Waals surface area contributed by atoms with Crippen LogP contribution in [-0.2, 0) is 9.47 Å². The Balaban J connectivity index is 2.45. The van der Waals surface area contributed by atoms with E-state index in [4.69, 9.17) is 21.1 Å². The van der Waals surface area contributed by atoms with Crippen LogP contribution in [0, 0.1) is 0 Å². The summed E-state index contributed by atoms with van der Waals surface area (Å²) in [6.07, 6.45) is 3.25. The molecule has 0 aliphatic rings. The van der Waals surface area contributed by atoms with Gasteiger partial charge in [-0.15, -0.1) is 0 Å². The molecule has 18 heavy (non-hydrogen) atoms. The third-order valence-corrected chi connectivity index (χ3v) is 2.30. The fourth-order valence-corrected chi connectivity index (χ4v) is 1.64. The number of aromatic nitrogens is 4. The van der Waals surface area contributed by atoms with Gasteiger partial charge in [-0.2, -0.15) is 5.10 Å². The molecule has 0 aromatic carbocycles. The molecule has 2 aromatic rings. The SMILES string of the molecule is CCOC(=Cc1nc(Cl)nc2cn[nH]c12)OCC. The monoisotopic (exact) mass is 268 g/mol. The molecule has 0 atom stereocenters. The summed E-state index contributed by atoms with van der Waals surface area (Å²) in [5, 5.41) is 6.88. The van der Waals surface area contributed by atoms with Crippen LogP contribution in [0.25, 0.3) is 17.1 Å². The van der Waals surface area contributed by atoms with Gasteiger partial charge in [0.1, 0.15) is 16.7 Å². The van der Waals surface area contributed by atoms with Crippen LogP contribution in [0.3, 0.4) is 0 Å². The van der Waals surface area contributed by atoms with Gasteiger partial charge in [0.15, 0.2) is 0 Å². The largest absolute Gasteiger partial charge is 0.466 e. The third-order valence-electron chi connectivity index (χ3n) is 2.13. The Morgan fingerprint density at radius 2 is 2.06 bits per heavy atom. The van der Waals surface area contributed by atoms with Crippen LogP contribution < -0.4 is 0 Å². The summed E-state index contributed by atoms with van der Waals surface area (Å²) in [5.74, 6) is 0.394. The molecule has 1 N–H and O–H groups in total. The zero-order valence-corrected chi connectivity index (χ0v) is 10.9. The predicted octanol–water partition coefficient (Wildman–Crippen LogP) is 2.38. The lowest BCUT2D eigenvalue weighted by Crippen LogP contribution is -1.99. The van der Waals surface area contributed by atoms with Crippen LogP contribution in [0.4, 0.5) is 0 Å². The van der Waals surface area contributed by atoms with Gasteiger partial charge in [0.05, 0.1) is 19.4 Å². The van der Waals surface area contributed by atoms with E-state index >= 15 is 0 Å². The van der Waals surface area contributed by atoms with Gasteiger partial charge in [0.25, 0.3) is 5.95 Å². The quantitative estimate of drug-likeness (QED) is 0.666. The first-order valence-corrected chi connectivity index (χ1v) is 5.96. The molecule has 0 fully saturated rings. The fourth-order valence-electron chi connectivity index (χ4n) is 1.46. The molecule has 0 radical (unpaired) electrons. The molecular formula is C11H13ClN4O2. The zero-order chi connectivity index (χ0) is 13.0. The van der Waals surface area contributed by atoms with Crippen molar-refractivity contribution in [2.45, 2.75) is 13.8 Å². The van der Waals surface area contributed by atoms with Gasteiger partial charge in [0, 0.05) is 6.08 Å². The van der Waals surface area contributed by atoms with E-state index in [0.29, 0.717) is 35.9 Å². The summed E-state index contributed by atoms with van der Waals surface area (Å²) in [5.41, 5.74) is 1.92. The molecule has 0 unspecified atom stereocenters. The molecule has 0 aliphatic heterocycles. The average molecular weight is 269 g/mol. The van der Waals surface area contributed by atoms with Crippen molar-refractivity contribution >= 4 is 28.7 Å². The molecule has 0 spiro atoms. The van der Waals surface area contributed by atoms with Gasteiger partial charge in [-0.05, 0) is 25.4 Å². The number of hydrogen-bond acceptors (Lipinski definition) is 5. The van der Waals surface area contributed by atoms with Gasteiger partial charge < -0.3 is 9.47 Å². The van der Waals surface area contributed by atoms with E-state index in [-0.39, 0.29) is 5.28 Å². The predicted molar refractivity (Wildman–Crippen MR) is 67.9 cm³/mol. The van der Waals surface area contributed by atoms with Crippen molar-refractivity contribution in [3.63, 3.8) is 0 Å². The molecule has 96 valence electrons. The maximum atomic E-state index is 5.84. The van der Waals surface area contributed by atoms with Crippen molar-refractivity contribution in [3.8, 4) is 0 Å². The van der Waals surface area contributed by atoms with Gasteiger partial charge >= 0.3 is 0 Å². The Hall–Kier alpha value is -1.82. The number of aromatic amines is 1. The van der Waals surface area contributed by atoms with Crippen LogP contribution in [0.15, 0.2) is 12.1 Å². The highest BCUT2D eigenvalue weighted by Crippen LogP contribution is 2.18. The van der Waals surface area contributed by atoms with Crippen molar-refractivity contribution in [2.24, 2.45) is 0 Å². The number of H-pyrrole nitrogens is 1. The maximum absolute atomic E-state index is 5.84. The van der Waals surface area contributed by atoms with Crippen molar-refractivity contribution < 1.29 is 9.47 Å². The van der Waals surface area contributed by atoms with E-state index < -0.39 is 0 Å². The lowest BCUT2D eigenvalue weighted by atomic mass is 10.3. The second-order valence-electron chi connectivity index (χ2n) is 3.34. The summed E-state index contributed by atoms with van der Waals surface area (Å²) in [6.45, 7) is 4.78. The number of rotatable bonds is 5. The van der Waals surface area contributed by atoms with Gasteiger partial charge in [0.2, 0.25) is 5.28 Å². The second kappa shape index (κ2) is 5.68. The molecule has 7 heteroatoms. The van der Waals surface area contributed by atoms with Crippen molar-refractivity contribution in [1.29, 1.82) is 0 Å². The van der Waals surface area contributed by atoms with Gasteiger partial charge in [-0.3, -0.25) is 5.10 Å². The fraction of sp³-hybridized carbons (Fsp3) is 0.364. The Kier molecular flexibility index (Phi) is 3.99. The Morgan fingerprint density at radius 3 is 2.72 bits per heavy atom. The minimum atomic E-state index is 0.155. The lowest BCUT2D eigenvalue weighted by molar-refractivity contribution is 0.0507. The highest BCUT2D eigenvalue weighted by molar-refractivity contribution is 6.28. The molecule has 0 amide bonds. The summed E-state index contributed by atoms with van der Waals surface area (Å²) in [7, 11) is 0. The molecule has 0 saturated heterocycles.